The molecule has 0 unspecified atom stereocenters. The normalized spacial score (nSPS) is 28.6. The monoisotopic (exact) mass is 376 g/mol. The average molecular weight is 376 g/mol. The Morgan fingerprint density at radius 1 is 1.08 bits per heavy atom. The van der Waals surface area contributed by atoms with E-state index in [1.165, 1.54) is 20.8 Å². The lowest BCUT2D eigenvalue weighted by Crippen LogP contribution is -2.62. The Balaban J connectivity index is 3.26. The molecule has 0 amide bonds. The molecule has 0 N–H and O–H groups in total. The van der Waals surface area contributed by atoms with Crippen molar-refractivity contribution in [3.05, 3.63) is 10.4 Å². The third kappa shape index (κ3) is 6.11. The second-order valence-corrected chi connectivity index (χ2v) is 7.79. The Bertz CT molecular complexity index is 565. The van der Waals surface area contributed by atoms with E-state index >= 15 is 0 Å². The van der Waals surface area contributed by atoms with Crippen molar-refractivity contribution in [3.63, 3.8) is 0 Å². The molecule has 10 nitrogen and oxygen atoms in total. The molecule has 1 heterocycles. The van der Waals surface area contributed by atoms with Crippen LogP contribution >= 0.6 is 0 Å². The number of esters is 3. The molecule has 0 aromatic carbocycles. The van der Waals surface area contributed by atoms with Crippen LogP contribution in [0.15, 0.2) is 5.11 Å². The first-order chi connectivity index (χ1) is 11.7. The van der Waals surface area contributed by atoms with Gasteiger partial charge >= 0.3 is 17.9 Å². The topological polar surface area (TPSA) is 137 Å². The smallest absolute Gasteiger partial charge is 0.303 e. The lowest BCUT2D eigenvalue weighted by molar-refractivity contribution is -0.209. The summed E-state index contributed by atoms with van der Waals surface area (Å²) in [5.41, 5.74) is 8.28. The van der Waals surface area contributed by atoms with Crippen LogP contribution in [0.5, 0.6) is 0 Å². The Morgan fingerprint density at radius 2 is 1.64 bits per heavy atom. The highest BCUT2D eigenvalue weighted by Gasteiger charge is 2.54. The van der Waals surface area contributed by atoms with Crippen molar-refractivity contribution in [3.8, 4) is 0 Å². The van der Waals surface area contributed by atoms with Gasteiger partial charge in [0, 0.05) is 36.6 Å². The van der Waals surface area contributed by atoms with E-state index < -0.39 is 58.6 Å². The maximum atomic E-state index is 11.5. The summed E-state index contributed by atoms with van der Waals surface area (Å²) >= 11 is 0. The molecule has 1 aliphatic rings. The standard InChI is InChI=1S/C14H22N3O7S/c1-7(18)21-6-10-12(22-8(2)19)13(23-9(3)20)11(16-17-15)14(24-10)25(4)5/h10-14H,6H2,1-5H3/q+1/t10-,11-,12-,13-,14-/m1/s1. The lowest BCUT2D eigenvalue weighted by atomic mass is 9.98. The number of rotatable bonds is 6. The molecule has 1 rings (SSSR count). The van der Waals surface area contributed by atoms with Gasteiger partial charge in [0.2, 0.25) is 5.44 Å². The summed E-state index contributed by atoms with van der Waals surface area (Å²) in [7, 11) is -0.391. The zero-order valence-electron chi connectivity index (χ0n) is 14.7. The SMILES string of the molecule is CC(=O)OC[C@H]1O[C@H]([S+](C)C)[C@H](N=[N+]=[N-])[C@@H](OC(C)=O)[C@@H]1OC(C)=O. The van der Waals surface area contributed by atoms with E-state index in [1.54, 1.807) is 0 Å². The van der Waals surface area contributed by atoms with Crippen LogP contribution in [-0.4, -0.2) is 66.8 Å². The van der Waals surface area contributed by atoms with Gasteiger partial charge in [-0.2, -0.15) is 0 Å². The van der Waals surface area contributed by atoms with Crippen LogP contribution < -0.4 is 0 Å². The highest BCUT2D eigenvalue weighted by molar-refractivity contribution is 7.96. The molecule has 140 valence electrons. The van der Waals surface area contributed by atoms with Crippen LogP contribution in [0.25, 0.3) is 10.4 Å². The van der Waals surface area contributed by atoms with Crippen LogP contribution in [0.2, 0.25) is 0 Å². The lowest BCUT2D eigenvalue weighted by Gasteiger charge is -2.41. The van der Waals surface area contributed by atoms with Crippen molar-refractivity contribution in [2.24, 2.45) is 5.11 Å². The summed E-state index contributed by atoms with van der Waals surface area (Å²) in [5.74, 6) is -1.79. The van der Waals surface area contributed by atoms with E-state index in [1.807, 2.05) is 12.5 Å². The molecule has 0 aromatic rings. The van der Waals surface area contributed by atoms with Gasteiger partial charge in [-0.25, -0.2) is 0 Å². The first kappa shape index (κ1) is 21.1. The van der Waals surface area contributed by atoms with Crippen LogP contribution in [0.4, 0.5) is 0 Å². The van der Waals surface area contributed by atoms with E-state index in [2.05, 4.69) is 10.0 Å². The van der Waals surface area contributed by atoms with Gasteiger partial charge in [0.05, 0.1) is 12.5 Å². The number of nitrogens with zero attached hydrogens (tertiary/aromatic N) is 3. The number of hydrogen-bond acceptors (Lipinski definition) is 8. The Hall–Kier alpha value is -1.97. The molecule has 0 aliphatic carbocycles. The minimum absolute atomic E-state index is 0.193. The number of ether oxygens (including phenoxy) is 4. The molecule has 0 aromatic heterocycles. The molecule has 0 spiro atoms. The summed E-state index contributed by atoms with van der Waals surface area (Å²) in [4.78, 5) is 36.9. The quantitative estimate of drug-likeness (QED) is 0.166. The number of carbonyl (C=O) groups excluding carboxylic acids is 3. The van der Waals surface area contributed by atoms with Crippen molar-refractivity contribution < 1.29 is 33.3 Å². The highest BCUT2D eigenvalue weighted by Crippen LogP contribution is 2.31. The van der Waals surface area contributed by atoms with E-state index in [4.69, 9.17) is 24.5 Å². The molecule has 5 atom stereocenters. The predicted molar refractivity (Wildman–Crippen MR) is 88.5 cm³/mol. The summed E-state index contributed by atoms with van der Waals surface area (Å²) < 4.78 is 21.4. The largest absolute Gasteiger partial charge is 0.463 e. The second kappa shape index (κ2) is 9.50. The van der Waals surface area contributed by atoms with Crippen molar-refractivity contribution in [1.29, 1.82) is 0 Å². The third-order valence-corrected chi connectivity index (χ3v) is 4.64. The van der Waals surface area contributed by atoms with E-state index in [0.717, 1.165) is 0 Å². The second-order valence-electron chi connectivity index (χ2n) is 5.57. The first-order valence-corrected chi connectivity index (χ1v) is 9.51. The molecule has 0 bridgehead atoms. The summed E-state index contributed by atoms with van der Waals surface area (Å²) in [6, 6.07) is -0.884. The zero-order valence-corrected chi connectivity index (χ0v) is 15.5. The Kier molecular flexibility index (Phi) is 8.01. The number of hydrogen-bond donors (Lipinski definition) is 0. The van der Waals surface area contributed by atoms with Crippen molar-refractivity contribution in [2.75, 3.05) is 19.1 Å². The Labute approximate surface area is 148 Å². The van der Waals surface area contributed by atoms with Crippen molar-refractivity contribution in [2.45, 2.75) is 50.6 Å². The molecule has 1 saturated heterocycles. The molecular formula is C14H22N3O7S+. The van der Waals surface area contributed by atoms with Gasteiger partial charge in [-0.1, -0.05) is 5.11 Å². The molecule has 1 aliphatic heterocycles. The average Bonchev–Trinajstić information content (AvgIpc) is 2.48. The minimum Gasteiger partial charge on any atom is -0.463 e. The van der Waals surface area contributed by atoms with Gasteiger partial charge < -0.3 is 18.9 Å². The first-order valence-electron chi connectivity index (χ1n) is 7.41. The highest BCUT2D eigenvalue weighted by atomic mass is 32.2. The van der Waals surface area contributed by atoms with Crippen molar-refractivity contribution >= 4 is 28.8 Å². The van der Waals surface area contributed by atoms with Gasteiger partial charge in [-0.05, 0) is 5.53 Å². The van der Waals surface area contributed by atoms with Gasteiger partial charge in [-0.3, -0.25) is 14.4 Å². The fourth-order valence-electron chi connectivity index (χ4n) is 2.46. The molecule has 11 heteroatoms. The zero-order chi connectivity index (χ0) is 19.1. The fraction of sp³-hybridized carbons (Fsp3) is 0.786. The van der Waals surface area contributed by atoms with Gasteiger partial charge in [-0.15, -0.1) is 0 Å². The maximum absolute atomic E-state index is 11.5. The van der Waals surface area contributed by atoms with Crippen LogP contribution in [-0.2, 0) is 44.2 Å². The minimum atomic E-state index is -1.07. The summed E-state index contributed by atoms with van der Waals surface area (Å²) in [5, 5.41) is 3.69. The number of azide groups is 1. The van der Waals surface area contributed by atoms with Crippen LogP contribution in [0, 0.1) is 0 Å². The van der Waals surface area contributed by atoms with Gasteiger partial charge in [0.25, 0.3) is 0 Å². The Morgan fingerprint density at radius 3 is 2.08 bits per heavy atom. The van der Waals surface area contributed by atoms with Crippen LogP contribution in [0.3, 0.4) is 0 Å². The van der Waals surface area contributed by atoms with Gasteiger partial charge in [0.1, 0.15) is 12.7 Å². The molecule has 0 radical (unpaired) electrons. The van der Waals surface area contributed by atoms with E-state index in [-0.39, 0.29) is 6.61 Å². The fourth-order valence-corrected chi connectivity index (χ4v) is 3.59. The number of carbonyl (C=O) groups is 3. The van der Waals surface area contributed by atoms with E-state index in [0.29, 0.717) is 0 Å². The van der Waals surface area contributed by atoms with Crippen LogP contribution in [0.1, 0.15) is 20.8 Å². The molecule has 25 heavy (non-hydrogen) atoms. The molecular weight excluding hydrogens is 354 g/mol. The maximum Gasteiger partial charge on any atom is 0.303 e. The van der Waals surface area contributed by atoms with Crippen molar-refractivity contribution in [1.82, 2.24) is 0 Å². The molecule has 1 fully saturated rings. The summed E-state index contributed by atoms with van der Waals surface area (Å²) in [6.07, 6.45) is 0.749. The third-order valence-electron chi connectivity index (χ3n) is 3.32. The van der Waals surface area contributed by atoms with E-state index in [9.17, 15) is 14.4 Å². The predicted octanol–water partition coefficient (Wildman–Crippen LogP) is 0.695. The summed E-state index contributed by atoms with van der Waals surface area (Å²) in [6.45, 7) is 3.42. The van der Waals surface area contributed by atoms with Gasteiger partial charge in [0.15, 0.2) is 18.2 Å². The molecule has 0 saturated carbocycles.